The van der Waals surface area contributed by atoms with Gasteiger partial charge in [-0.1, -0.05) is 48.0 Å². The van der Waals surface area contributed by atoms with Crippen LogP contribution in [0, 0.1) is 0 Å². The molecule has 5 heteroatoms. The summed E-state index contributed by atoms with van der Waals surface area (Å²) in [6.45, 7) is 2.93. The number of fused-ring (bicyclic) bond motifs is 2. The summed E-state index contributed by atoms with van der Waals surface area (Å²) in [7, 11) is 0. The largest absolute Gasteiger partial charge is 0.489 e. The van der Waals surface area contributed by atoms with Crippen LogP contribution in [0.2, 0.25) is 5.02 Å². The van der Waals surface area contributed by atoms with E-state index < -0.39 is 0 Å². The van der Waals surface area contributed by atoms with Gasteiger partial charge in [-0.05, 0) is 58.8 Å². The number of H-pyrrole nitrogens is 1. The number of pyridine rings is 1. The summed E-state index contributed by atoms with van der Waals surface area (Å²) >= 11 is 6.39. The third-order valence-corrected chi connectivity index (χ3v) is 6.17. The number of nitrogens with zero attached hydrogens (tertiary/aromatic N) is 1. The van der Waals surface area contributed by atoms with Crippen molar-refractivity contribution < 1.29 is 4.74 Å². The Morgan fingerprint density at radius 3 is 2.60 bits per heavy atom. The van der Waals surface area contributed by atoms with Gasteiger partial charge in [0.2, 0.25) is 0 Å². The third kappa shape index (κ3) is 3.93. The molecule has 0 atom stereocenters. The van der Waals surface area contributed by atoms with Gasteiger partial charge in [-0.25, -0.2) is 0 Å². The van der Waals surface area contributed by atoms with Crippen molar-refractivity contribution in [3.63, 3.8) is 0 Å². The van der Waals surface area contributed by atoms with Crippen molar-refractivity contribution in [1.29, 1.82) is 0 Å². The van der Waals surface area contributed by atoms with Gasteiger partial charge >= 0.3 is 0 Å². The maximum Gasteiger partial charge on any atom is 0.255 e. The molecule has 0 unspecified atom stereocenters. The van der Waals surface area contributed by atoms with E-state index in [1.807, 2.05) is 12.1 Å². The van der Waals surface area contributed by atoms with Crippen molar-refractivity contribution in [2.24, 2.45) is 0 Å². The molecule has 152 valence electrons. The van der Waals surface area contributed by atoms with E-state index in [-0.39, 0.29) is 11.7 Å². The molecule has 1 fully saturated rings. The molecule has 1 saturated heterocycles. The zero-order chi connectivity index (χ0) is 20.5. The zero-order valence-electron chi connectivity index (χ0n) is 16.6. The molecule has 4 aromatic rings. The number of ether oxygens (including phenoxy) is 1. The number of rotatable bonds is 4. The number of aromatic amines is 1. The maximum absolute atomic E-state index is 11.9. The second-order valence-electron chi connectivity index (χ2n) is 7.95. The van der Waals surface area contributed by atoms with Crippen LogP contribution in [0.15, 0.2) is 71.7 Å². The van der Waals surface area contributed by atoms with Crippen molar-refractivity contribution in [3.8, 4) is 5.75 Å². The Bertz CT molecular complexity index is 1260. The molecule has 30 heavy (non-hydrogen) atoms. The first-order valence-corrected chi connectivity index (χ1v) is 10.7. The highest BCUT2D eigenvalue weighted by Crippen LogP contribution is 2.31. The van der Waals surface area contributed by atoms with E-state index in [9.17, 15) is 4.79 Å². The van der Waals surface area contributed by atoms with Crippen molar-refractivity contribution in [2.75, 3.05) is 13.1 Å². The molecule has 0 radical (unpaired) electrons. The van der Waals surface area contributed by atoms with Crippen LogP contribution >= 0.6 is 11.6 Å². The van der Waals surface area contributed by atoms with Crippen LogP contribution in [0.3, 0.4) is 0 Å². The molecule has 0 aliphatic carbocycles. The summed E-state index contributed by atoms with van der Waals surface area (Å²) in [6, 6.07) is 20.6. The lowest BCUT2D eigenvalue weighted by Crippen LogP contribution is -2.37. The Morgan fingerprint density at radius 2 is 1.77 bits per heavy atom. The molecule has 1 aromatic heterocycles. The maximum atomic E-state index is 11.9. The molecule has 0 amide bonds. The predicted octanol–water partition coefficient (Wildman–Crippen LogP) is 5.38. The first kappa shape index (κ1) is 19.2. The van der Waals surface area contributed by atoms with E-state index in [4.69, 9.17) is 16.3 Å². The van der Waals surface area contributed by atoms with Crippen molar-refractivity contribution in [2.45, 2.75) is 25.5 Å². The minimum atomic E-state index is -0.136. The molecule has 2 heterocycles. The summed E-state index contributed by atoms with van der Waals surface area (Å²) in [6.07, 6.45) is 3.69. The fourth-order valence-electron chi connectivity index (χ4n) is 4.24. The van der Waals surface area contributed by atoms with Crippen LogP contribution in [0.25, 0.3) is 21.5 Å². The van der Waals surface area contributed by atoms with Crippen LogP contribution in [0.4, 0.5) is 0 Å². The smallest absolute Gasteiger partial charge is 0.255 e. The molecule has 0 spiro atoms. The van der Waals surface area contributed by atoms with Crippen LogP contribution in [0.5, 0.6) is 5.75 Å². The van der Waals surface area contributed by atoms with E-state index in [0.29, 0.717) is 16.2 Å². The van der Waals surface area contributed by atoms with E-state index in [2.05, 4.69) is 52.3 Å². The van der Waals surface area contributed by atoms with Gasteiger partial charge in [0.05, 0.1) is 5.02 Å². The van der Waals surface area contributed by atoms with Gasteiger partial charge in [0.25, 0.3) is 5.56 Å². The summed E-state index contributed by atoms with van der Waals surface area (Å²) in [5.74, 6) is 0.655. The van der Waals surface area contributed by atoms with Gasteiger partial charge in [0.1, 0.15) is 11.9 Å². The number of aromatic nitrogens is 1. The van der Waals surface area contributed by atoms with Crippen molar-refractivity contribution in [1.82, 2.24) is 9.88 Å². The van der Waals surface area contributed by atoms with Gasteiger partial charge in [0, 0.05) is 31.2 Å². The van der Waals surface area contributed by atoms with Crippen LogP contribution in [-0.2, 0) is 6.54 Å². The molecular formula is C25H23ClN2O2. The Kier molecular flexibility index (Phi) is 5.19. The fraction of sp³-hybridized carbons (Fsp3) is 0.240. The Balaban J connectivity index is 1.23. The highest BCUT2D eigenvalue weighted by Gasteiger charge is 2.22. The van der Waals surface area contributed by atoms with Gasteiger partial charge < -0.3 is 9.72 Å². The van der Waals surface area contributed by atoms with E-state index in [1.165, 1.54) is 16.3 Å². The number of benzene rings is 3. The average Bonchev–Trinajstić information content (AvgIpc) is 2.76. The normalized spacial score (nSPS) is 15.6. The summed E-state index contributed by atoms with van der Waals surface area (Å²) < 4.78 is 6.22. The van der Waals surface area contributed by atoms with Gasteiger partial charge in [0.15, 0.2) is 0 Å². The zero-order valence-corrected chi connectivity index (χ0v) is 17.4. The molecule has 5 rings (SSSR count). The molecule has 1 aliphatic rings. The standard InChI is InChI=1S/C25H23ClN2O2/c26-23-15-22-20(7-10-27-25(22)29)14-24(23)30-21-8-11-28(12-9-21)16-17-5-6-18-3-1-2-4-19(18)13-17/h1-7,10,13-15,21H,8-9,11-12,16H2,(H,27,29). The quantitative estimate of drug-likeness (QED) is 0.484. The lowest BCUT2D eigenvalue weighted by Gasteiger charge is -2.32. The molecule has 3 aromatic carbocycles. The molecule has 0 bridgehead atoms. The fourth-order valence-corrected chi connectivity index (χ4v) is 4.45. The third-order valence-electron chi connectivity index (χ3n) is 5.87. The van der Waals surface area contributed by atoms with Gasteiger partial charge in [-0.15, -0.1) is 0 Å². The van der Waals surface area contributed by atoms with E-state index in [0.717, 1.165) is 37.9 Å². The Hall–Kier alpha value is -2.82. The molecule has 1 N–H and O–H groups in total. The molecular weight excluding hydrogens is 396 g/mol. The lowest BCUT2D eigenvalue weighted by molar-refractivity contribution is 0.0970. The number of halogens is 1. The average molecular weight is 419 g/mol. The second kappa shape index (κ2) is 8.13. The van der Waals surface area contributed by atoms with Crippen LogP contribution in [-0.4, -0.2) is 29.1 Å². The second-order valence-corrected chi connectivity index (χ2v) is 8.36. The van der Waals surface area contributed by atoms with Crippen molar-refractivity contribution >= 4 is 33.1 Å². The summed E-state index contributed by atoms with van der Waals surface area (Å²) in [5.41, 5.74) is 1.21. The highest BCUT2D eigenvalue weighted by atomic mass is 35.5. The van der Waals surface area contributed by atoms with Gasteiger partial charge in [-0.3, -0.25) is 9.69 Å². The minimum Gasteiger partial charge on any atom is -0.489 e. The first-order valence-electron chi connectivity index (χ1n) is 10.3. The molecule has 0 saturated carbocycles. The number of hydrogen-bond donors (Lipinski definition) is 1. The number of likely N-dealkylation sites (tertiary alicyclic amines) is 1. The lowest BCUT2D eigenvalue weighted by atomic mass is 10.0. The molecule has 4 nitrogen and oxygen atoms in total. The SMILES string of the molecule is O=c1[nH]ccc2cc(OC3CCN(Cc4ccc5ccccc5c4)CC3)c(Cl)cc12. The summed E-state index contributed by atoms with van der Waals surface area (Å²) in [5, 5.41) is 4.48. The Labute approximate surface area is 180 Å². The van der Waals surface area contributed by atoms with Crippen molar-refractivity contribution in [3.05, 3.63) is 87.8 Å². The highest BCUT2D eigenvalue weighted by molar-refractivity contribution is 6.32. The van der Waals surface area contributed by atoms with Crippen LogP contribution in [0.1, 0.15) is 18.4 Å². The topological polar surface area (TPSA) is 45.3 Å². The number of hydrogen-bond acceptors (Lipinski definition) is 3. The predicted molar refractivity (Wildman–Crippen MR) is 122 cm³/mol. The Morgan fingerprint density at radius 1 is 0.967 bits per heavy atom. The monoisotopic (exact) mass is 418 g/mol. The summed E-state index contributed by atoms with van der Waals surface area (Å²) in [4.78, 5) is 17.1. The molecule has 1 aliphatic heterocycles. The van der Waals surface area contributed by atoms with Gasteiger partial charge in [-0.2, -0.15) is 0 Å². The minimum absolute atomic E-state index is 0.134. The first-order chi connectivity index (χ1) is 14.7. The number of nitrogens with one attached hydrogen (secondary N) is 1. The number of piperidine rings is 1. The van der Waals surface area contributed by atoms with Crippen LogP contribution < -0.4 is 10.3 Å². The van der Waals surface area contributed by atoms with E-state index >= 15 is 0 Å². The van der Waals surface area contributed by atoms with E-state index in [1.54, 1.807) is 12.3 Å².